The first-order valence-electron chi connectivity index (χ1n) is 5.90. The number of anilines is 1. The Morgan fingerprint density at radius 1 is 1.00 bits per heavy atom. The zero-order chi connectivity index (χ0) is 14.0. The van der Waals surface area contributed by atoms with E-state index >= 15 is 0 Å². The van der Waals surface area contributed by atoms with Gasteiger partial charge in [-0.15, -0.1) is 0 Å². The summed E-state index contributed by atoms with van der Waals surface area (Å²) >= 11 is 0. The van der Waals surface area contributed by atoms with Crippen LogP contribution < -0.4 is 10.5 Å². The van der Waals surface area contributed by atoms with Gasteiger partial charge in [-0.2, -0.15) is 4.39 Å². The van der Waals surface area contributed by atoms with Gasteiger partial charge in [0.1, 0.15) is 5.60 Å². The van der Waals surface area contributed by atoms with E-state index in [1.165, 1.54) is 6.07 Å². The van der Waals surface area contributed by atoms with Crippen molar-refractivity contribution in [1.82, 2.24) is 0 Å². The molecule has 0 spiro atoms. The molecule has 0 saturated heterocycles. The maximum absolute atomic E-state index is 13.7. The lowest BCUT2D eigenvalue weighted by Gasteiger charge is -2.28. The van der Waals surface area contributed by atoms with Crippen molar-refractivity contribution >= 4 is 5.69 Å². The molecule has 100 valence electrons. The first-order valence-corrected chi connectivity index (χ1v) is 5.90. The first-order chi connectivity index (χ1) is 8.92. The van der Waals surface area contributed by atoms with Gasteiger partial charge < -0.3 is 10.5 Å². The van der Waals surface area contributed by atoms with Crippen LogP contribution in [0.25, 0.3) is 0 Å². The van der Waals surface area contributed by atoms with E-state index in [9.17, 15) is 8.78 Å². The molecule has 0 saturated carbocycles. The van der Waals surface area contributed by atoms with Crippen LogP contribution in [-0.4, -0.2) is 0 Å². The summed E-state index contributed by atoms with van der Waals surface area (Å²) in [5.74, 6) is -2.30. The summed E-state index contributed by atoms with van der Waals surface area (Å²) in [5.41, 5.74) is 5.75. The van der Waals surface area contributed by atoms with Crippen LogP contribution in [0.4, 0.5) is 14.5 Å². The van der Waals surface area contributed by atoms with Crippen LogP contribution in [0.3, 0.4) is 0 Å². The van der Waals surface area contributed by atoms with E-state index in [-0.39, 0.29) is 11.4 Å². The molecule has 0 aliphatic rings. The smallest absolute Gasteiger partial charge is 0.202 e. The third-order valence-corrected chi connectivity index (χ3v) is 2.91. The molecule has 0 bridgehead atoms. The Kier molecular flexibility index (Phi) is 3.42. The fraction of sp³-hybridized carbons (Fsp3) is 0.200. The van der Waals surface area contributed by atoms with E-state index in [1.54, 1.807) is 13.8 Å². The molecule has 2 N–H and O–H groups in total. The highest BCUT2D eigenvalue weighted by Crippen LogP contribution is 2.34. The predicted molar refractivity (Wildman–Crippen MR) is 70.9 cm³/mol. The number of ether oxygens (including phenoxy) is 1. The number of benzene rings is 2. The Bertz CT molecular complexity index is 582. The Labute approximate surface area is 110 Å². The van der Waals surface area contributed by atoms with Crippen LogP contribution in [0.1, 0.15) is 19.4 Å². The summed E-state index contributed by atoms with van der Waals surface area (Å²) in [6.07, 6.45) is 0. The second-order valence-corrected chi connectivity index (χ2v) is 4.76. The van der Waals surface area contributed by atoms with Crippen molar-refractivity contribution in [1.29, 1.82) is 0 Å². The molecular weight excluding hydrogens is 248 g/mol. The van der Waals surface area contributed by atoms with Crippen LogP contribution in [0.5, 0.6) is 5.75 Å². The van der Waals surface area contributed by atoms with Gasteiger partial charge >= 0.3 is 0 Å². The minimum Gasteiger partial charge on any atom is -0.478 e. The summed E-state index contributed by atoms with van der Waals surface area (Å²) in [5, 5.41) is 0. The van der Waals surface area contributed by atoms with Crippen molar-refractivity contribution in [2.24, 2.45) is 0 Å². The molecule has 0 unspecified atom stereocenters. The molecule has 2 rings (SSSR count). The molecule has 0 atom stereocenters. The summed E-state index contributed by atoms with van der Waals surface area (Å²) in [6.45, 7) is 3.54. The van der Waals surface area contributed by atoms with Crippen LogP contribution >= 0.6 is 0 Å². The van der Waals surface area contributed by atoms with Crippen molar-refractivity contribution in [3.05, 3.63) is 59.7 Å². The minimum atomic E-state index is -1.07. The highest BCUT2D eigenvalue weighted by Gasteiger charge is 2.26. The second-order valence-electron chi connectivity index (χ2n) is 4.76. The molecule has 0 amide bonds. The second kappa shape index (κ2) is 4.88. The van der Waals surface area contributed by atoms with Gasteiger partial charge in [-0.05, 0) is 31.5 Å². The van der Waals surface area contributed by atoms with Crippen LogP contribution in [0.2, 0.25) is 0 Å². The standard InChI is InChI=1S/C15H15F2NO/c1-15(2,10-6-4-3-5-7-10)19-14-12(18)9-8-11(16)13(14)17/h3-9H,18H2,1-2H3. The number of nitrogen functional groups attached to an aromatic ring is 1. The maximum Gasteiger partial charge on any atom is 0.202 e. The van der Waals surface area contributed by atoms with Gasteiger partial charge in [0, 0.05) is 0 Å². The molecule has 4 heteroatoms. The highest BCUT2D eigenvalue weighted by molar-refractivity contribution is 5.53. The van der Waals surface area contributed by atoms with Crippen molar-refractivity contribution < 1.29 is 13.5 Å². The summed E-state index contributed by atoms with van der Waals surface area (Å²) in [6, 6.07) is 11.6. The van der Waals surface area contributed by atoms with Crippen molar-refractivity contribution in [2.45, 2.75) is 19.4 Å². The van der Waals surface area contributed by atoms with E-state index in [1.807, 2.05) is 30.3 Å². The summed E-state index contributed by atoms with van der Waals surface area (Å²) in [4.78, 5) is 0. The molecular formula is C15H15F2NO. The molecule has 0 heterocycles. The zero-order valence-electron chi connectivity index (χ0n) is 10.8. The van der Waals surface area contributed by atoms with Crippen molar-refractivity contribution in [3.8, 4) is 5.75 Å². The van der Waals surface area contributed by atoms with E-state index in [2.05, 4.69) is 0 Å². The Morgan fingerprint density at radius 3 is 2.26 bits per heavy atom. The lowest BCUT2D eigenvalue weighted by molar-refractivity contribution is 0.103. The van der Waals surface area contributed by atoms with Gasteiger partial charge in [0.05, 0.1) is 5.69 Å². The van der Waals surface area contributed by atoms with Crippen LogP contribution in [-0.2, 0) is 5.60 Å². The quantitative estimate of drug-likeness (QED) is 0.853. The Balaban J connectivity index is 2.39. The molecule has 0 aliphatic carbocycles. The maximum atomic E-state index is 13.7. The van der Waals surface area contributed by atoms with Gasteiger partial charge in [0.2, 0.25) is 5.82 Å². The largest absolute Gasteiger partial charge is 0.478 e. The average Bonchev–Trinajstić information content (AvgIpc) is 2.40. The fourth-order valence-electron chi connectivity index (χ4n) is 1.80. The Hall–Kier alpha value is -2.10. The number of nitrogens with two attached hydrogens (primary N) is 1. The average molecular weight is 263 g/mol. The predicted octanol–water partition coefficient (Wildman–Crippen LogP) is 3.86. The molecule has 0 fully saturated rings. The summed E-state index contributed by atoms with van der Waals surface area (Å²) in [7, 11) is 0. The highest BCUT2D eigenvalue weighted by atomic mass is 19.2. The number of halogens is 2. The fourth-order valence-corrected chi connectivity index (χ4v) is 1.80. The lowest BCUT2D eigenvalue weighted by Crippen LogP contribution is -2.26. The molecule has 19 heavy (non-hydrogen) atoms. The van der Waals surface area contributed by atoms with Crippen LogP contribution in [0, 0.1) is 11.6 Å². The van der Waals surface area contributed by atoms with Gasteiger partial charge in [-0.1, -0.05) is 30.3 Å². The monoisotopic (exact) mass is 263 g/mol. The van der Waals surface area contributed by atoms with Gasteiger partial charge in [0.15, 0.2) is 11.6 Å². The molecule has 0 aliphatic heterocycles. The SMILES string of the molecule is CC(C)(Oc1c(N)ccc(F)c1F)c1ccccc1. The van der Waals surface area contributed by atoms with Crippen molar-refractivity contribution in [3.63, 3.8) is 0 Å². The molecule has 2 aromatic rings. The lowest BCUT2D eigenvalue weighted by atomic mass is 9.98. The van der Waals surface area contributed by atoms with Gasteiger partial charge in [-0.3, -0.25) is 0 Å². The van der Waals surface area contributed by atoms with E-state index < -0.39 is 17.2 Å². The molecule has 0 radical (unpaired) electrons. The van der Waals surface area contributed by atoms with Gasteiger partial charge in [-0.25, -0.2) is 4.39 Å². The van der Waals surface area contributed by atoms with E-state index in [0.717, 1.165) is 11.6 Å². The minimum absolute atomic E-state index is 0.0721. The van der Waals surface area contributed by atoms with E-state index in [4.69, 9.17) is 10.5 Å². The van der Waals surface area contributed by atoms with E-state index in [0.29, 0.717) is 0 Å². The molecule has 2 aromatic carbocycles. The molecule has 2 nitrogen and oxygen atoms in total. The third-order valence-electron chi connectivity index (χ3n) is 2.91. The number of hydrogen-bond acceptors (Lipinski definition) is 2. The normalized spacial score (nSPS) is 11.4. The summed E-state index contributed by atoms with van der Waals surface area (Å²) < 4.78 is 32.5. The van der Waals surface area contributed by atoms with Crippen LogP contribution in [0.15, 0.2) is 42.5 Å². The topological polar surface area (TPSA) is 35.2 Å². The first kappa shape index (κ1) is 13.3. The Morgan fingerprint density at radius 2 is 1.63 bits per heavy atom. The molecule has 0 aromatic heterocycles. The van der Waals surface area contributed by atoms with Gasteiger partial charge in [0.25, 0.3) is 0 Å². The number of rotatable bonds is 3. The van der Waals surface area contributed by atoms with Crippen molar-refractivity contribution in [2.75, 3.05) is 5.73 Å². The third kappa shape index (κ3) is 2.67. The number of hydrogen-bond donors (Lipinski definition) is 1. The zero-order valence-corrected chi connectivity index (χ0v) is 10.8.